The summed E-state index contributed by atoms with van der Waals surface area (Å²) in [5.74, 6) is 1.52. The van der Waals surface area contributed by atoms with Crippen molar-refractivity contribution in [1.82, 2.24) is 5.32 Å². The lowest BCUT2D eigenvalue weighted by Crippen LogP contribution is -2.24. The maximum absolute atomic E-state index is 12.1. The molecule has 0 aromatic heterocycles. The third-order valence-corrected chi connectivity index (χ3v) is 3.42. The van der Waals surface area contributed by atoms with E-state index in [0.717, 1.165) is 11.1 Å². The summed E-state index contributed by atoms with van der Waals surface area (Å²) in [7, 11) is 3.16. The summed E-state index contributed by atoms with van der Waals surface area (Å²) in [6.07, 6.45) is 1.75. The van der Waals surface area contributed by atoms with E-state index in [2.05, 4.69) is 10.3 Å². The highest BCUT2D eigenvalue weighted by Crippen LogP contribution is 2.24. The molecular weight excluding hydrogens is 292 g/mol. The Morgan fingerprint density at radius 3 is 2.26 bits per heavy atom. The van der Waals surface area contributed by atoms with Gasteiger partial charge in [-0.25, -0.2) is 4.99 Å². The Morgan fingerprint density at radius 2 is 1.65 bits per heavy atom. The number of benzene rings is 2. The Hall–Kier alpha value is -3.08. The largest absolute Gasteiger partial charge is 0.497 e. The normalized spacial score (nSPS) is 15.3. The van der Waals surface area contributed by atoms with Crippen LogP contribution in [-0.4, -0.2) is 26.0 Å². The standard InChI is InChI=1S/C18H16N2O3/c1-22-14-9-13(10-15(11-14)23-2)17-19-16(18(21)20-17)8-12-6-4-3-5-7-12/h3-11H,1-2H3,(H,19,20,21)/b16-8+. The van der Waals surface area contributed by atoms with Gasteiger partial charge in [0.25, 0.3) is 5.91 Å². The van der Waals surface area contributed by atoms with Crippen LogP contribution in [0.5, 0.6) is 11.5 Å². The molecule has 0 atom stereocenters. The highest BCUT2D eigenvalue weighted by atomic mass is 16.5. The van der Waals surface area contributed by atoms with Gasteiger partial charge in [-0.2, -0.15) is 0 Å². The average molecular weight is 308 g/mol. The molecule has 5 nitrogen and oxygen atoms in total. The fourth-order valence-electron chi connectivity index (χ4n) is 2.26. The SMILES string of the molecule is COc1cc(OC)cc(C2=N/C(=C/c3ccccc3)C(=O)N2)c1. The zero-order valence-corrected chi connectivity index (χ0v) is 12.9. The van der Waals surface area contributed by atoms with Gasteiger partial charge < -0.3 is 14.8 Å². The monoisotopic (exact) mass is 308 g/mol. The molecule has 1 amide bonds. The van der Waals surface area contributed by atoms with Crippen molar-refractivity contribution in [3.63, 3.8) is 0 Å². The molecule has 3 rings (SSSR count). The van der Waals surface area contributed by atoms with E-state index in [1.165, 1.54) is 0 Å². The molecule has 1 N–H and O–H groups in total. The van der Waals surface area contributed by atoms with Crippen LogP contribution in [-0.2, 0) is 4.79 Å². The number of carbonyl (C=O) groups excluding carboxylic acids is 1. The number of rotatable bonds is 4. The molecule has 0 spiro atoms. The Kier molecular flexibility index (Phi) is 4.10. The molecule has 0 saturated carbocycles. The molecule has 116 valence electrons. The van der Waals surface area contributed by atoms with E-state index in [-0.39, 0.29) is 5.91 Å². The van der Waals surface area contributed by atoms with Crippen LogP contribution < -0.4 is 14.8 Å². The summed E-state index contributed by atoms with van der Waals surface area (Å²) in [6, 6.07) is 15.0. The quantitative estimate of drug-likeness (QED) is 0.883. The number of hydrogen-bond donors (Lipinski definition) is 1. The van der Waals surface area contributed by atoms with Crippen LogP contribution >= 0.6 is 0 Å². The molecule has 1 aliphatic heterocycles. The molecule has 5 heteroatoms. The van der Waals surface area contributed by atoms with Gasteiger partial charge in [0.1, 0.15) is 23.0 Å². The summed E-state index contributed by atoms with van der Waals surface area (Å²) in [5, 5.41) is 2.77. The molecule has 0 radical (unpaired) electrons. The van der Waals surface area contributed by atoms with E-state index >= 15 is 0 Å². The predicted molar refractivity (Wildman–Crippen MR) is 88.6 cm³/mol. The number of hydrogen-bond acceptors (Lipinski definition) is 4. The summed E-state index contributed by atoms with van der Waals surface area (Å²) in [6.45, 7) is 0. The van der Waals surface area contributed by atoms with Crippen LogP contribution in [0.4, 0.5) is 0 Å². The van der Waals surface area contributed by atoms with Crippen LogP contribution in [0.15, 0.2) is 59.2 Å². The summed E-state index contributed by atoms with van der Waals surface area (Å²) >= 11 is 0. The Bertz CT molecular complexity index is 773. The zero-order valence-electron chi connectivity index (χ0n) is 12.9. The smallest absolute Gasteiger partial charge is 0.275 e. The first kappa shape index (κ1) is 14.8. The topological polar surface area (TPSA) is 59.9 Å². The van der Waals surface area contributed by atoms with Crippen molar-refractivity contribution < 1.29 is 14.3 Å². The number of aliphatic imine (C=N–C) groups is 1. The van der Waals surface area contributed by atoms with Crippen molar-refractivity contribution in [2.45, 2.75) is 0 Å². The van der Waals surface area contributed by atoms with Crippen LogP contribution in [0, 0.1) is 0 Å². The van der Waals surface area contributed by atoms with Gasteiger partial charge >= 0.3 is 0 Å². The second-order valence-electron chi connectivity index (χ2n) is 4.96. The van der Waals surface area contributed by atoms with E-state index in [4.69, 9.17) is 9.47 Å². The molecule has 23 heavy (non-hydrogen) atoms. The number of methoxy groups -OCH3 is 2. The number of nitrogens with zero attached hydrogens (tertiary/aromatic N) is 1. The van der Waals surface area contributed by atoms with Crippen LogP contribution in [0.2, 0.25) is 0 Å². The minimum Gasteiger partial charge on any atom is -0.497 e. The van der Waals surface area contributed by atoms with Crippen molar-refractivity contribution in [1.29, 1.82) is 0 Å². The molecule has 2 aromatic carbocycles. The molecule has 0 saturated heterocycles. The molecule has 0 fully saturated rings. The van der Waals surface area contributed by atoms with Gasteiger partial charge in [0.2, 0.25) is 0 Å². The third-order valence-electron chi connectivity index (χ3n) is 3.42. The van der Waals surface area contributed by atoms with Crippen molar-refractivity contribution in [2.24, 2.45) is 4.99 Å². The Morgan fingerprint density at radius 1 is 1.00 bits per heavy atom. The van der Waals surface area contributed by atoms with Crippen molar-refractivity contribution in [3.05, 3.63) is 65.4 Å². The molecule has 0 aliphatic carbocycles. The second-order valence-corrected chi connectivity index (χ2v) is 4.96. The first-order valence-electron chi connectivity index (χ1n) is 7.10. The molecule has 0 bridgehead atoms. The fraction of sp³-hybridized carbons (Fsp3) is 0.111. The molecule has 0 unspecified atom stereocenters. The van der Waals surface area contributed by atoms with Gasteiger partial charge in [0, 0.05) is 11.6 Å². The summed E-state index contributed by atoms with van der Waals surface area (Å²) in [4.78, 5) is 16.5. The Balaban J connectivity index is 1.97. The fourth-order valence-corrected chi connectivity index (χ4v) is 2.26. The molecule has 1 aliphatic rings. The van der Waals surface area contributed by atoms with Crippen molar-refractivity contribution in [2.75, 3.05) is 14.2 Å². The highest BCUT2D eigenvalue weighted by molar-refractivity contribution is 6.20. The predicted octanol–water partition coefficient (Wildman–Crippen LogP) is 2.62. The van der Waals surface area contributed by atoms with Crippen LogP contribution in [0.3, 0.4) is 0 Å². The third kappa shape index (κ3) is 3.23. The number of nitrogens with one attached hydrogen (secondary N) is 1. The van der Waals surface area contributed by atoms with Gasteiger partial charge in [-0.1, -0.05) is 30.3 Å². The number of ether oxygens (including phenoxy) is 2. The molecule has 2 aromatic rings. The lowest BCUT2D eigenvalue weighted by atomic mass is 10.2. The molecule has 1 heterocycles. The Labute approximate surface area is 134 Å². The van der Waals surface area contributed by atoms with E-state index in [1.807, 2.05) is 30.3 Å². The van der Waals surface area contributed by atoms with Crippen LogP contribution in [0.1, 0.15) is 11.1 Å². The zero-order chi connectivity index (χ0) is 16.2. The first-order valence-corrected chi connectivity index (χ1v) is 7.10. The molecular formula is C18H16N2O3. The first-order chi connectivity index (χ1) is 11.2. The highest BCUT2D eigenvalue weighted by Gasteiger charge is 2.22. The van der Waals surface area contributed by atoms with E-state index in [9.17, 15) is 4.79 Å². The van der Waals surface area contributed by atoms with E-state index in [0.29, 0.717) is 23.0 Å². The number of amidine groups is 1. The summed E-state index contributed by atoms with van der Waals surface area (Å²) in [5.41, 5.74) is 2.02. The second kappa shape index (κ2) is 6.36. The maximum atomic E-state index is 12.1. The number of carbonyl (C=O) groups is 1. The van der Waals surface area contributed by atoms with Crippen molar-refractivity contribution >= 4 is 17.8 Å². The summed E-state index contributed by atoms with van der Waals surface area (Å²) < 4.78 is 10.5. The van der Waals surface area contributed by atoms with Gasteiger partial charge in [-0.3, -0.25) is 4.79 Å². The van der Waals surface area contributed by atoms with E-state index in [1.54, 1.807) is 38.5 Å². The van der Waals surface area contributed by atoms with Gasteiger partial charge in [0.15, 0.2) is 0 Å². The van der Waals surface area contributed by atoms with Crippen LogP contribution in [0.25, 0.3) is 6.08 Å². The minimum atomic E-state index is -0.231. The minimum absolute atomic E-state index is 0.231. The van der Waals surface area contributed by atoms with E-state index < -0.39 is 0 Å². The maximum Gasteiger partial charge on any atom is 0.275 e. The number of amides is 1. The average Bonchev–Trinajstić information content (AvgIpc) is 2.96. The van der Waals surface area contributed by atoms with Gasteiger partial charge in [0.05, 0.1) is 14.2 Å². The van der Waals surface area contributed by atoms with Crippen molar-refractivity contribution in [3.8, 4) is 11.5 Å². The van der Waals surface area contributed by atoms with Gasteiger partial charge in [-0.15, -0.1) is 0 Å². The lowest BCUT2D eigenvalue weighted by molar-refractivity contribution is -0.115. The van der Waals surface area contributed by atoms with Gasteiger partial charge in [-0.05, 0) is 23.8 Å². The lowest BCUT2D eigenvalue weighted by Gasteiger charge is -2.08.